The number of anilines is 1. The molecule has 3 rings (SSSR count). The van der Waals surface area contributed by atoms with E-state index in [1.54, 1.807) is 36.6 Å². The fourth-order valence-electron chi connectivity index (χ4n) is 2.48. The number of nitrogens with one attached hydrogen (secondary N) is 1. The zero-order chi connectivity index (χ0) is 21.2. The number of aromatic nitrogens is 1. The molecule has 1 amide bonds. The number of nitrogens with zero attached hydrogens (tertiary/aromatic N) is 1. The number of carbonyl (C=O) groups is 2. The lowest BCUT2D eigenvalue weighted by Gasteiger charge is -2.08. The van der Waals surface area contributed by atoms with E-state index in [9.17, 15) is 9.59 Å². The molecule has 1 aromatic heterocycles. The molecule has 0 bridgehead atoms. The third-order valence-corrected chi connectivity index (χ3v) is 4.68. The third kappa shape index (κ3) is 6.89. The standard InChI is InChI=1S/C22H22N2O5S/c1-2-27-21(26)12-17-15-30-22(23-17)24-20(25)14-29-19-10-8-18(9-11-19)28-13-16-6-4-3-5-7-16/h3-11,15H,2,12-14H2,1H3,(H,23,24,25). The number of amides is 1. The van der Waals surface area contributed by atoms with E-state index in [4.69, 9.17) is 14.2 Å². The van der Waals surface area contributed by atoms with Gasteiger partial charge in [0, 0.05) is 5.38 Å². The quantitative estimate of drug-likeness (QED) is 0.496. The van der Waals surface area contributed by atoms with Crippen molar-refractivity contribution in [2.24, 2.45) is 0 Å². The van der Waals surface area contributed by atoms with E-state index < -0.39 is 0 Å². The summed E-state index contributed by atoms with van der Waals surface area (Å²) in [5.41, 5.74) is 1.64. The summed E-state index contributed by atoms with van der Waals surface area (Å²) in [6.07, 6.45) is 0.0788. The van der Waals surface area contributed by atoms with Gasteiger partial charge in [0.1, 0.15) is 18.1 Å². The van der Waals surface area contributed by atoms with Crippen LogP contribution in [0.4, 0.5) is 5.13 Å². The van der Waals surface area contributed by atoms with Gasteiger partial charge in [0.2, 0.25) is 0 Å². The van der Waals surface area contributed by atoms with Gasteiger partial charge in [0.25, 0.3) is 5.91 Å². The first-order chi connectivity index (χ1) is 14.6. The van der Waals surface area contributed by atoms with Crippen molar-refractivity contribution in [3.8, 4) is 11.5 Å². The molecular weight excluding hydrogens is 404 g/mol. The van der Waals surface area contributed by atoms with Crippen LogP contribution < -0.4 is 14.8 Å². The van der Waals surface area contributed by atoms with Gasteiger partial charge in [-0.1, -0.05) is 30.3 Å². The Morgan fingerprint density at radius 3 is 2.40 bits per heavy atom. The lowest BCUT2D eigenvalue weighted by atomic mass is 10.2. The summed E-state index contributed by atoms with van der Waals surface area (Å²) >= 11 is 1.24. The van der Waals surface area contributed by atoms with Crippen LogP contribution in [0.25, 0.3) is 0 Å². The molecule has 0 aliphatic rings. The van der Waals surface area contributed by atoms with E-state index in [1.165, 1.54) is 11.3 Å². The maximum absolute atomic E-state index is 12.1. The molecule has 2 aromatic carbocycles. The van der Waals surface area contributed by atoms with Crippen LogP contribution in [0.5, 0.6) is 11.5 Å². The van der Waals surface area contributed by atoms with Gasteiger partial charge in [-0.25, -0.2) is 4.98 Å². The summed E-state index contributed by atoms with van der Waals surface area (Å²) in [5.74, 6) is 0.587. The van der Waals surface area contributed by atoms with Crippen molar-refractivity contribution in [2.45, 2.75) is 20.0 Å². The van der Waals surface area contributed by atoms with E-state index in [2.05, 4.69) is 10.3 Å². The van der Waals surface area contributed by atoms with E-state index >= 15 is 0 Å². The zero-order valence-electron chi connectivity index (χ0n) is 16.5. The summed E-state index contributed by atoms with van der Waals surface area (Å²) in [7, 11) is 0. The molecular formula is C22H22N2O5S. The molecule has 30 heavy (non-hydrogen) atoms. The molecule has 0 atom stereocenters. The molecule has 1 heterocycles. The number of esters is 1. The van der Waals surface area contributed by atoms with E-state index in [-0.39, 0.29) is 24.9 Å². The Kier molecular flexibility index (Phi) is 7.79. The van der Waals surface area contributed by atoms with Crippen molar-refractivity contribution < 1.29 is 23.8 Å². The zero-order valence-corrected chi connectivity index (χ0v) is 17.3. The Morgan fingerprint density at radius 1 is 1.00 bits per heavy atom. The normalized spacial score (nSPS) is 10.3. The molecule has 0 fully saturated rings. The second kappa shape index (κ2) is 11.0. The van der Waals surface area contributed by atoms with Crippen LogP contribution in [0, 0.1) is 0 Å². The predicted molar refractivity (Wildman–Crippen MR) is 114 cm³/mol. The minimum absolute atomic E-state index is 0.0788. The summed E-state index contributed by atoms with van der Waals surface area (Å²) in [5, 5.41) is 4.77. The smallest absolute Gasteiger partial charge is 0.311 e. The van der Waals surface area contributed by atoms with Crippen molar-refractivity contribution in [3.63, 3.8) is 0 Å². The number of carbonyl (C=O) groups excluding carboxylic acids is 2. The maximum atomic E-state index is 12.1. The molecule has 1 N–H and O–H groups in total. The highest BCUT2D eigenvalue weighted by molar-refractivity contribution is 7.13. The number of thiazole rings is 1. The van der Waals surface area contributed by atoms with Crippen LogP contribution in [-0.4, -0.2) is 30.1 Å². The highest BCUT2D eigenvalue weighted by Gasteiger charge is 2.11. The van der Waals surface area contributed by atoms with Crippen molar-refractivity contribution >= 4 is 28.3 Å². The topological polar surface area (TPSA) is 86.8 Å². The molecule has 3 aromatic rings. The van der Waals surface area contributed by atoms with Crippen LogP contribution in [0.2, 0.25) is 0 Å². The Balaban J connectivity index is 1.41. The van der Waals surface area contributed by atoms with Gasteiger partial charge in [-0.3, -0.25) is 14.9 Å². The van der Waals surface area contributed by atoms with E-state index in [0.29, 0.717) is 35.5 Å². The Labute approximate surface area is 178 Å². The lowest BCUT2D eigenvalue weighted by Crippen LogP contribution is -2.20. The van der Waals surface area contributed by atoms with Crippen LogP contribution in [0.3, 0.4) is 0 Å². The van der Waals surface area contributed by atoms with Gasteiger partial charge in [0.15, 0.2) is 11.7 Å². The highest BCUT2D eigenvalue weighted by atomic mass is 32.1. The SMILES string of the molecule is CCOC(=O)Cc1csc(NC(=O)COc2ccc(OCc3ccccc3)cc2)n1. The molecule has 0 radical (unpaired) electrons. The van der Waals surface area contributed by atoms with Crippen LogP contribution in [0.1, 0.15) is 18.2 Å². The molecule has 0 saturated carbocycles. The molecule has 0 aliphatic carbocycles. The molecule has 0 aliphatic heterocycles. The molecule has 0 spiro atoms. The molecule has 7 nitrogen and oxygen atoms in total. The number of ether oxygens (including phenoxy) is 3. The Bertz CT molecular complexity index is 957. The first-order valence-corrected chi connectivity index (χ1v) is 10.3. The van der Waals surface area contributed by atoms with Crippen molar-refractivity contribution in [1.82, 2.24) is 4.98 Å². The second-order valence-electron chi connectivity index (χ2n) is 6.21. The summed E-state index contributed by atoms with van der Waals surface area (Å²) in [6.45, 7) is 2.40. The van der Waals surface area contributed by atoms with Crippen LogP contribution >= 0.6 is 11.3 Å². The van der Waals surface area contributed by atoms with Gasteiger partial charge in [0.05, 0.1) is 18.7 Å². The van der Waals surface area contributed by atoms with E-state index in [0.717, 1.165) is 5.56 Å². The first kappa shape index (κ1) is 21.3. The van der Waals surface area contributed by atoms with Crippen molar-refractivity contribution in [2.75, 3.05) is 18.5 Å². The lowest BCUT2D eigenvalue weighted by molar-refractivity contribution is -0.142. The van der Waals surface area contributed by atoms with Crippen molar-refractivity contribution in [3.05, 3.63) is 71.2 Å². The monoisotopic (exact) mass is 426 g/mol. The highest BCUT2D eigenvalue weighted by Crippen LogP contribution is 2.19. The third-order valence-electron chi connectivity index (χ3n) is 3.87. The average Bonchev–Trinajstić information content (AvgIpc) is 3.19. The summed E-state index contributed by atoms with van der Waals surface area (Å²) < 4.78 is 16.1. The average molecular weight is 426 g/mol. The Hall–Kier alpha value is -3.39. The fraction of sp³-hybridized carbons (Fsp3) is 0.227. The number of benzene rings is 2. The van der Waals surface area contributed by atoms with Crippen molar-refractivity contribution in [1.29, 1.82) is 0 Å². The van der Waals surface area contributed by atoms with Gasteiger partial charge in [-0.15, -0.1) is 11.3 Å². The largest absolute Gasteiger partial charge is 0.489 e. The van der Waals surface area contributed by atoms with E-state index in [1.807, 2.05) is 30.3 Å². The number of rotatable bonds is 10. The maximum Gasteiger partial charge on any atom is 0.311 e. The van der Waals surface area contributed by atoms with Gasteiger partial charge >= 0.3 is 5.97 Å². The minimum Gasteiger partial charge on any atom is -0.489 e. The number of hydrogen-bond donors (Lipinski definition) is 1. The van der Waals surface area contributed by atoms with Gasteiger partial charge in [-0.2, -0.15) is 0 Å². The summed E-state index contributed by atoms with van der Waals surface area (Å²) in [4.78, 5) is 27.7. The molecule has 156 valence electrons. The number of hydrogen-bond acceptors (Lipinski definition) is 7. The Morgan fingerprint density at radius 2 is 1.70 bits per heavy atom. The fourth-order valence-corrected chi connectivity index (χ4v) is 3.21. The van der Waals surface area contributed by atoms with Crippen LogP contribution in [0.15, 0.2) is 60.0 Å². The summed E-state index contributed by atoms with van der Waals surface area (Å²) in [6, 6.07) is 17.0. The van der Waals surface area contributed by atoms with Crippen LogP contribution in [-0.2, 0) is 27.4 Å². The molecule has 0 saturated heterocycles. The predicted octanol–water partition coefficient (Wildman–Crippen LogP) is 3.85. The molecule has 0 unspecified atom stereocenters. The van der Waals surface area contributed by atoms with Gasteiger partial charge < -0.3 is 14.2 Å². The van der Waals surface area contributed by atoms with Gasteiger partial charge in [-0.05, 0) is 36.8 Å². The first-order valence-electron chi connectivity index (χ1n) is 9.42. The minimum atomic E-state index is -0.347. The molecule has 8 heteroatoms. The second-order valence-corrected chi connectivity index (χ2v) is 7.07.